The van der Waals surface area contributed by atoms with Crippen LogP contribution in [0.4, 0.5) is 5.82 Å². The van der Waals surface area contributed by atoms with E-state index in [4.69, 9.17) is 9.90 Å². The zero-order valence-electron chi connectivity index (χ0n) is 16.7. The summed E-state index contributed by atoms with van der Waals surface area (Å²) < 4.78 is 0. The summed E-state index contributed by atoms with van der Waals surface area (Å²) in [6, 6.07) is 7.96. The number of fused-ring (bicyclic) bond motifs is 1. The highest BCUT2D eigenvalue weighted by Crippen LogP contribution is 2.25. The Morgan fingerprint density at radius 2 is 1.90 bits per heavy atom. The number of aromatic nitrogens is 2. The predicted octanol–water partition coefficient (Wildman–Crippen LogP) is 1.01. The maximum Gasteiger partial charge on any atom is 0.290 e. The van der Waals surface area contributed by atoms with Gasteiger partial charge in [-0.15, -0.1) is 6.58 Å². The molecule has 158 valence electrons. The first-order chi connectivity index (χ1) is 14.6. The quantitative estimate of drug-likeness (QED) is 0.591. The summed E-state index contributed by atoms with van der Waals surface area (Å²) >= 11 is 0. The van der Waals surface area contributed by atoms with Crippen molar-refractivity contribution < 1.29 is 19.5 Å². The van der Waals surface area contributed by atoms with Gasteiger partial charge in [-0.05, 0) is 12.1 Å². The lowest BCUT2D eigenvalue weighted by molar-refractivity contribution is -0.136. The van der Waals surface area contributed by atoms with E-state index < -0.39 is 0 Å². The van der Waals surface area contributed by atoms with Crippen molar-refractivity contribution in [2.45, 2.75) is 6.42 Å². The van der Waals surface area contributed by atoms with E-state index in [1.165, 1.54) is 0 Å². The second-order valence-electron chi connectivity index (χ2n) is 7.12. The zero-order chi connectivity index (χ0) is 21.5. The molecule has 3 heterocycles. The molecular weight excluding hydrogens is 386 g/mol. The van der Waals surface area contributed by atoms with Gasteiger partial charge in [0.25, 0.3) is 6.47 Å². The normalized spacial score (nSPS) is 18.7. The molecule has 0 saturated carbocycles. The number of nitrogens with zero attached hydrogens (tertiary/aromatic N) is 5. The largest absolute Gasteiger partial charge is 0.483 e. The first-order valence-electron chi connectivity index (χ1n) is 9.79. The summed E-state index contributed by atoms with van der Waals surface area (Å²) in [6.07, 6.45) is 3.60. The fourth-order valence-electron chi connectivity index (χ4n) is 3.91. The number of hydrogen-bond acceptors (Lipinski definition) is 6. The van der Waals surface area contributed by atoms with Gasteiger partial charge >= 0.3 is 0 Å². The minimum absolute atomic E-state index is 0.0411. The topological polar surface area (TPSA) is 107 Å². The van der Waals surface area contributed by atoms with E-state index >= 15 is 0 Å². The molecule has 2 saturated heterocycles. The van der Waals surface area contributed by atoms with Crippen molar-refractivity contribution >= 4 is 35.0 Å². The van der Waals surface area contributed by atoms with Crippen LogP contribution in [0.5, 0.6) is 0 Å². The summed E-state index contributed by atoms with van der Waals surface area (Å²) in [5, 5.41) is 7.92. The molecule has 1 N–H and O–H groups in total. The van der Waals surface area contributed by atoms with Crippen molar-refractivity contribution in [2.75, 3.05) is 44.2 Å². The first-order valence-corrected chi connectivity index (χ1v) is 9.79. The van der Waals surface area contributed by atoms with Crippen LogP contribution < -0.4 is 4.90 Å². The lowest BCUT2D eigenvalue weighted by atomic mass is 10.1. The van der Waals surface area contributed by atoms with Gasteiger partial charge in [0, 0.05) is 51.1 Å². The van der Waals surface area contributed by atoms with Crippen molar-refractivity contribution in [3.8, 4) is 0 Å². The van der Waals surface area contributed by atoms with Crippen molar-refractivity contribution in [1.82, 2.24) is 19.8 Å². The molecule has 9 heteroatoms. The molecule has 0 radical (unpaired) electrons. The minimum Gasteiger partial charge on any atom is -0.483 e. The zero-order valence-corrected chi connectivity index (χ0v) is 16.7. The van der Waals surface area contributed by atoms with Crippen LogP contribution >= 0.6 is 0 Å². The number of para-hydroxylation sites is 1. The Kier molecular flexibility index (Phi) is 6.95. The smallest absolute Gasteiger partial charge is 0.290 e. The van der Waals surface area contributed by atoms with E-state index in [1.807, 2.05) is 29.2 Å². The average Bonchev–Trinajstić information content (AvgIpc) is 3.14. The lowest BCUT2D eigenvalue weighted by Gasteiger charge is -2.36. The molecule has 1 unspecified atom stereocenters. The molecule has 0 spiro atoms. The highest BCUT2D eigenvalue weighted by atomic mass is 16.3. The van der Waals surface area contributed by atoms with Crippen LogP contribution in [0.3, 0.4) is 0 Å². The van der Waals surface area contributed by atoms with Crippen LogP contribution in [0.2, 0.25) is 0 Å². The molecular formula is C21H25N5O4. The van der Waals surface area contributed by atoms with E-state index in [0.717, 1.165) is 29.8 Å². The van der Waals surface area contributed by atoms with E-state index in [9.17, 15) is 9.59 Å². The van der Waals surface area contributed by atoms with Gasteiger partial charge in [0.1, 0.15) is 12.1 Å². The first kappa shape index (κ1) is 21.2. The second kappa shape index (κ2) is 9.82. The van der Waals surface area contributed by atoms with Gasteiger partial charge < -0.3 is 19.8 Å². The molecule has 0 bridgehead atoms. The van der Waals surface area contributed by atoms with Gasteiger partial charge in [0.05, 0.1) is 11.4 Å². The monoisotopic (exact) mass is 411 g/mol. The Hall–Kier alpha value is -3.49. The molecule has 2 aliphatic heterocycles. The molecule has 2 aromatic rings. The molecule has 2 aliphatic rings. The van der Waals surface area contributed by atoms with Crippen LogP contribution in [0.25, 0.3) is 10.9 Å². The number of piperazine rings is 1. The van der Waals surface area contributed by atoms with Crippen LogP contribution in [-0.2, 0) is 14.4 Å². The molecule has 1 aromatic carbocycles. The van der Waals surface area contributed by atoms with Gasteiger partial charge in [0.2, 0.25) is 11.8 Å². The highest BCUT2D eigenvalue weighted by Gasteiger charge is 2.36. The Balaban J connectivity index is 0.000000806. The van der Waals surface area contributed by atoms with Gasteiger partial charge in [-0.1, -0.05) is 18.2 Å². The van der Waals surface area contributed by atoms with Gasteiger partial charge in [-0.25, -0.2) is 9.97 Å². The third-order valence-corrected chi connectivity index (χ3v) is 5.33. The van der Waals surface area contributed by atoms with E-state index in [0.29, 0.717) is 32.6 Å². The third kappa shape index (κ3) is 4.56. The summed E-state index contributed by atoms with van der Waals surface area (Å²) in [6.45, 7) is 7.17. The van der Waals surface area contributed by atoms with Crippen molar-refractivity contribution in [3.05, 3.63) is 43.2 Å². The van der Waals surface area contributed by atoms with Crippen LogP contribution in [0.15, 0.2) is 43.2 Å². The summed E-state index contributed by atoms with van der Waals surface area (Å²) in [5.74, 6) is 0.811. The van der Waals surface area contributed by atoms with Gasteiger partial charge in [0.15, 0.2) is 0 Å². The van der Waals surface area contributed by atoms with Crippen LogP contribution in [0, 0.1) is 5.92 Å². The molecule has 2 amide bonds. The van der Waals surface area contributed by atoms with Crippen LogP contribution in [-0.4, -0.2) is 82.4 Å². The fraction of sp³-hybridized carbons (Fsp3) is 0.381. The lowest BCUT2D eigenvalue weighted by Crippen LogP contribution is -2.51. The summed E-state index contributed by atoms with van der Waals surface area (Å²) in [4.78, 5) is 47.8. The molecule has 4 rings (SSSR count). The third-order valence-electron chi connectivity index (χ3n) is 5.33. The number of carbonyl (C=O) groups is 3. The molecule has 30 heavy (non-hydrogen) atoms. The number of benzene rings is 1. The minimum atomic E-state index is -0.250. The SMILES string of the molecule is C=CCN1CC(C(=O)N2CCN(c3ncnc4ccccc34)CC2)CC1=O.O=CO. The Morgan fingerprint density at radius 3 is 2.60 bits per heavy atom. The Bertz CT molecular complexity index is 921. The van der Waals surface area contributed by atoms with E-state index in [1.54, 1.807) is 17.3 Å². The number of anilines is 1. The molecule has 1 aromatic heterocycles. The number of likely N-dealkylation sites (tertiary alicyclic amines) is 1. The molecule has 1 atom stereocenters. The number of carbonyl (C=O) groups excluding carboxylic acids is 2. The Labute approximate surface area is 174 Å². The average molecular weight is 411 g/mol. The Morgan fingerprint density at radius 1 is 1.20 bits per heavy atom. The number of hydrogen-bond donors (Lipinski definition) is 1. The maximum absolute atomic E-state index is 12.8. The predicted molar refractivity (Wildman–Crippen MR) is 112 cm³/mol. The van der Waals surface area contributed by atoms with Crippen molar-refractivity contribution in [1.29, 1.82) is 0 Å². The molecule has 2 fully saturated rings. The fourth-order valence-corrected chi connectivity index (χ4v) is 3.91. The van der Waals surface area contributed by atoms with Crippen LogP contribution in [0.1, 0.15) is 6.42 Å². The summed E-state index contributed by atoms with van der Waals surface area (Å²) in [7, 11) is 0. The number of amides is 2. The van der Waals surface area contributed by atoms with E-state index in [-0.39, 0.29) is 24.2 Å². The standard InChI is InChI=1S/C20H23N5O2.CH2O2/c1-2-7-25-13-15(12-18(25)26)20(27)24-10-8-23(9-11-24)19-16-5-3-4-6-17(16)21-14-22-19;2-1-3/h2-6,14-15H,1,7-13H2;1H,(H,2,3). The van der Waals surface area contributed by atoms with Crippen molar-refractivity contribution in [3.63, 3.8) is 0 Å². The maximum atomic E-state index is 12.8. The van der Waals surface area contributed by atoms with Crippen molar-refractivity contribution in [2.24, 2.45) is 5.92 Å². The highest BCUT2D eigenvalue weighted by molar-refractivity contribution is 5.90. The number of rotatable bonds is 4. The van der Waals surface area contributed by atoms with Gasteiger partial charge in [-0.2, -0.15) is 0 Å². The van der Waals surface area contributed by atoms with Gasteiger partial charge in [-0.3, -0.25) is 14.4 Å². The number of carboxylic acid groups (broad SMARTS) is 1. The second-order valence-corrected chi connectivity index (χ2v) is 7.12. The molecule has 9 nitrogen and oxygen atoms in total. The molecule has 0 aliphatic carbocycles. The van der Waals surface area contributed by atoms with E-state index in [2.05, 4.69) is 21.4 Å². The summed E-state index contributed by atoms with van der Waals surface area (Å²) in [5.41, 5.74) is 0.924.